The lowest BCUT2D eigenvalue weighted by molar-refractivity contribution is -0.0864. The Balaban J connectivity index is 0.000000300. The van der Waals surface area contributed by atoms with Crippen LogP contribution >= 0.6 is 26.4 Å². The van der Waals surface area contributed by atoms with Gasteiger partial charge in [-0.15, -0.1) is 13.2 Å². The van der Waals surface area contributed by atoms with Crippen LogP contribution in [-0.4, -0.2) is 18.5 Å². The Kier molecular flexibility index (Phi) is 6.48. The fourth-order valence-electron chi connectivity index (χ4n) is 2.17. The molecule has 0 spiro atoms. The molecule has 3 nitrogen and oxygen atoms in total. The molecule has 28 heavy (non-hydrogen) atoms. The number of rotatable bonds is 1. The smallest absolute Gasteiger partial charge is 0.601 e. The van der Waals surface area contributed by atoms with Crippen LogP contribution in [0.3, 0.4) is 0 Å². The van der Waals surface area contributed by atoms with Crippen LogP contribution in [0.5, 0.6) is 0 Å². The number of thiophene rings is 1. The molecular weight excluding hydrogens is 498 g/mol. The maximum atomic E-state index is 13.4. The quantitative estimate of drug-likeness (QED) is 0.163. The lowest BCUT2D eigenvalue weighted by atomic mass is 10.1. The minimum Gasteiger partial charge on any atom is -0.741 e. The summed E-state index contributed by atoms with van der Waals surface area (Å²) in [6.07, 6.45) is 0. The molecule has 0 saturated heterocycles. The summed E-state index contributed by atoms with van der Waals surface area (Å²) in [5.74, 6) is 0. The summed E-state index contributed by atoms with van der Waals surface area (Å²) in [5, 5.41) is 0.658. The number of hydrogen-bond acceptors (Lipinski definition) is 3. The van der Waals surface area contributed by atoms with Gasteiger partial charge in [-0.3, -0.25) is 0 Å². The van der Waals surface area contributed by atoms with Crippen LogP contribution in [0.4, 0.5) is 26.3 Å². The molecule has 1 aromatic heterocycles. The van der Waals surface area contributed by atoms with Crippen molar-refractivity contribution >= 4 is 46.6 Å². The van der Waals surface area contributed by atoms with Gasteiger partial charge in [-0.25, -0.2) is 8.42 Å². The van der Waals surface area contributed by atoms with E-state index in [1.807, 2.05) is 0 Å². The largest absolute Gasteiger partial charge is 0.741 e. The van der Waals surface area contributed by atoms with E-state index in [1.165, 1.54) is 0 Å². The predicted octanol–water partition coefficient (Wildman–Crippen LogP) is 6.55. The first-order valence-electron chi connectivity index (χ1n) is 7.12. The molecule has 2 aromatic carbocycles. The molecule has 0 bridgehead atoms. The molecule has 3 aromatic rings. The molecule has 1 atom stereocenters. The third-order valence-corrected chi connectivity index (χ3v) is 6.45. The van der Waals surface area contributed by atoms with Crippen LogP contribution in [0.25, 0.3) is 20.5 Å². The van der Waals surface area contributed by atoms with Gasteiger partial charge in [0.2, 0.25) is 0 Å². The van der Waals surface area contributed by atoms with Crippen molar-refractivity contribution in [3.63, 3.8) is 0 Å². The lowest BCUT2D eigenvalue weighted by Gasteiger charge is -2.08. The van der Waals surface area contributed by atoms with E-state index >= 15 is 0 Å². The van der Waals surface area contributed by atoms with Crippen molar-refractivity contribution in [1.29, 1.82) is 0 Å². The number of benzene rings is 2. The highest BCUT2D eigenvalue weighted by atomic mass is 79.9. The second-order valence-corrected chi connectivity index (χ2v) is 9.45. The first kappa shape index (κ1) is 22.7. The number of alkyl halides is 6. The van der Waals surface area contributed by atoms with Crippen LogP contribution in [0.1, 0.15) is 0 Å². The minimum atomic E-state index is -6.09. The minimum absolute atomic E-state index is 0.339. The van der Waals surface area contributed by atoms with Gasteiger partial charge in [0.15, 0.2) is 19.7 Å². The van der Waals surface area contributed by atoms with E-state index in [1.54, 1.807) is 54.6 Å². The molecule has 0 N–H and O–H groups in total. The normalized spacial score (nSPS) is 13.2. The van der Waals surface area contributed by atoms with Crippen molar-refractivity contribution < 1.29 is 39.3 Å². The number of hydrogen-bond donors (Lipinski definition) is 0. The second-order valence-electron chi connectivity index (χ2n) is 5.21. The highest BCUT2D eigenvalue weighted by Crippen LogP contribution is 2.54. The summed E-state index contributed by atoms with van der Waals surface area (Å²) in [6, 6.07) is 15.3. The fourth-order valence-corrected chi connectivity index (χ4v) is 4.36. The van der Waals surface area contributed by atoms with Gasteiger partial charge < -0.3 is 4.55 Å². The second kappa shape index (κ2) is 8.01. The SMILES string of the molecule is FC(F)(F)[s+]1c(-c2ccc(Br)cc2)cc2ccccc21.O=S(=O)([O-])C(F)(F)F. The van der Waals surface area contributed by atoms with Gasteiger partial charge in [0.25, 0.3) is 0 Å². The van der Waals surface area contributed by atoms with Crippen molar-refractivity contribution in [2.45, 2.75) is 11.0 Å². The van der Waals surface area contributed by atoms with Crippen LogP contribution in [0, 0.1) is 0 Å². The summed E-state index contributed by atoms with van der Waals surface area (Å²) in [5.41, 5.74) is -9.29. The van der Waals surface area contributed by atoms with Gasteiger partial charge in [0, 0.05) is 21.5 Å². The van der Waals surface area contributed by atoms with E-state index in [-0.39, 0.29) is 0 Å². The molecular formula is C16H9BrF6O3S2. The molecule has 3 rings (SSSR count). The van der Waals surface area contributed by atoms with Gasteiger partial charge in [0.05, 0.1) is 0 Å². The molecule has 1 unspecified atom stereocenters. The van der Waals surface area contributed by atoms with Gasteiger partial charge >= 0.3 is 11.0 Å². The van der Waals surface area contributed by atoms with Crippen molar-refractivity contribution in [3.05, 3.63) is 59.1 Å². The molecule has 0 fully saturated rings. The highest BCUT2D eigenvalue weighted by molar-refractivity contribution is 9.10. The highest BCUT2D eigenvalue weighted by Gasteiger charge is 2.48. The van der Waals surface area contributed by atoms with Crippen molar-refractivity contribution in [2.75, 3.05) is 0 Å². The van der Waals surface area contributed by atoms with E-state index < -0.39 is 31.6 Å². The lowest BCUT2D eigenvalue weighted by Crippen LogP contribution is -2.21. The van der Waals surface area contributed by atoms with Crippen LogP contribution < -0.4 is 0 Å². The zero-order valence-electron chi connectivity index (χ0n) is 13.4. The summed E-state index contributed by atoms with van der Waals surface area (Å²) in [7, 11) is -7.96. The third kappa shape index (κ3) is 5.25. The van der Waals surface area contributed by atoms with Gasteiger partial charge in [-0.2, -0.15) is 13.2 Å². The molecule has 0 aliphatic rings. The van der Waals surface area contributed by atoms with Gasteiger partial charge in [-0.05, 0) is 36.4 Å². The van der Waals surface area contributed by atoms with Crippen molar-refractivity contribution in [3.8, 4) is 10.4 Å². The zero-order valence-corrected chi connectivity index (χ0v) is 16.6. The monoisotopic (exact) mass is 506 g/mol. The average molecular weight is 507 g/mol. The Morgan fingerprint density at radius 2 is 1.39 bits per heavy atom. The third-order valence-electron chi connectivity index (χ3n) is 3.29. The molecule has 0 amide bonds. The summed E-state index contributed by atoms with van der Waals surface area (Å²) >= 11 is 3.30. The van der Waals surface area contributed by atoms with Crippen molar-refractivity contribution in [2.24, 2.45) is 0 Å². The number of halogens is 7. The first-order valence-corrected chi connectivity index (χ1v) is 10.5. The Bertz CT molecular complexity index is 1070. The van der Waals surface area contributed by atoms with E-state index in [0.29, 0.717) is 20.5 Å². The Morgan fingerprint density at radius 3 is 1.86 bits per heavy atom. The molecule has 0 aliphatic carbocycles. The Morgan fingerprint density at radius 1 is 0.893 bits per heavy atom. The summed E-state index contributed by atoms with van der Waals surface area (Å²) in [6.45, 7) is 0. The molecule has 1 heterocycles. The molecule has 0 aliphatic heterocycles. The van der Waals surface area contributed by atoms with E-state index in [0.717, 1.165) is 4.47 Å². The Labute approximate surface area is 166 Å². The zero-order chi connectivity index (χ0) is 21.3. The van der Waals surface area contributed by atoms with Crippen molar-refractivity contribution in [1.82, 2.24) is 0 Å². The maximum absolute atomic E-state index is 13.4. The van der Waals surface area contributed by atoms with E-state index in [2.05, 4.69) is 15.9 Å². The van der Waals surface area contributed by atoms with E-state index in [4.69, 9.17) is 13.0 Å². The molecule has 12 heteroatoms. The average Bonchev–Trinajstić information content (AvgIpc) is 2.93. The molecule has 152 valence electrons. The maximum Gasteiger partial charge on any atom is 0.601 e. The first-order chi connectivity index (χ1) is 12.7. The van der Waals surface area contributed by atoms with Crippen LogP contribution in [0.2, 0.25) is 0 Å². The molecule has 0 saturated carbocycles. The predicted molar refractivity (Wildman–Crippen MR) is 96.6 cm³/mol. The van der Waals surface area contributed by atoms with Gasteiger partial charge in [0.1, 0.15) is 10.5 Å². The van der Waals surface area contributed by atoms with Crippen LogP contribution in [0.15, 0.2) is 59.1 Å². The topological polar surface area (TPSA) is 57.2 Å². The fraction of sp³-hybridized carbons (Fsp3) is 0.125. The Hall–Kier alpha value is -1.63. The van der Waals surface area contributed by atoms with Gasteiger partial charge in [-0.1, -0.05) is 28.1 Å². The number of fused-ring (bicyclic) bond motifs is 1. The summed E-state index contributed by atoms with van der Waals surface area (Å²) < 4.78 is 100. The van der Waals surface area contributed by atoms with E-state index in [9.17, 15) is 26.3 Å². The summed E-state index contributed by atoms with van der Waals surface area (Å²) in [4.78, 5) is 0.339. The van der Waals surface area contributed by atoms with Crippen LogP contribution in [-0.2, 0) is 15.6 Å². The molecule has 0 radical (unpaired) electrons. The standard InChI is InChI=1S/C15H9BrF3S.CHF3O3S/c16-12-7-5-10(6-8-12)14-9-11-3-1-2-4-13(11)20(14)15(17,18)19;2-1(3,4)8(5,6)7/h1-9H;(H,5,6,7)/q+1;/p-1.